The lowest BCUT2D eigenvalue weighted by Crippen LogP contribution is -3.13. The summed E-state index contributed by atoms with van der Waals surface area (Å²) >= 11 is 1.88. The van der Waals surface area contributed by atoms with E-state index in [1.807, 2.05) is 29.8 Å². The summed E-state index contributed by atoms with van der Waals surface area (Å²) in [6.07, 6.45) is 3.63. The first kappa shape index (κ1) is 12.6. The number of rotatable bonds is 3. The highest BCUT2D eigenvalue weighted by atomic mass is 32.1. The number of nitrogens with one attached hydrogen (secondary N) is 1. The maximum absolute atomic E-state index is 4.32. The Morgan fingerprint density at radius 3 is 2.63 bits per heavy atom. The summed E-state index contributed by atoms with van der Waals surface area (Å²) in [6.45, 7) is 7.78. The van der Waals surface area contributed by atoms with E-state index >= 15 is 0 Å². The van der Waals surface area contributed by atoms with E-state index in [1.165, 1.54) is 10.4 Å². The number of anilines is 1. The average molecular weight is 275 g/mol. The summed E-state index contributed by atoms with van der Waals surface area (Å²) in [5.41, 5.74) is 1.44. The van der Waals surface area contributed by atoms with Gasteiger partial charge in [0, 0.05) is 12.4 Å². The standard InChI is InChI=1S/C14H18N4S/c1-12-3-10-19-13(12)11-17-6-8-18(9-7-17)14-15-4-2-5-16-14/h2-5,10H,6-9,11H2,1H3/p+1. The van der Waals surface area contributed by atoms with Crippen molar-refractivity contribution in [1.29, 1.82) is 0 Å². The van der Waals surface area contributed by atoms with Crippen LogP contribution < -0.4 is 9.80 Å². The second kappa shape index (κ2) is 5.67. The Hall–Kier alpha value is -1.46. The van der Waals surface area contributed by atoms with Gasteiger partial charge in [0.25, 0.3) is 0 Å². The third-order valence-corrected chi connectivity index (χ3v) is 4.71. The molecule has 0 unspecified atom stereocenters. The van der Waals surface area contributed by atoms with E-state index in [2.05, 4.69) is 33.2 Å². The first-order chi connectivity index (χ1) is 9.33. The van der Waals surface area contributed by atoms with Crippen molar-refractivity contribution in [1.82, 2.24) is 9.97 Å². The van der Waals surface area contributed by atoms with E-state index in [0.29, 0.717) is 0 Å². The van der Waals surface area contributed by atoms with Crippen molar-refractivity contribution in [3.8, 4) is 0 Å². The van der Waals surface area contributed by atoms with Gasteiger partial charge in [-0.05, 0) is 30.0 Å². The maximum atomic E-state index is 4.32. The molecular weight excluding hydrogens is 256 g/mol. The van der Waals surface area contributed by atoms with Gasteiger partial charge in [-0.25, -0.2) is 9.97 Å². The molecule has 0 atom stereocenters. The molecule has 1 N–H and O–H groups in total. The van der Waals surface area contributed by atoms with Crippen LogP contribution in [0, 0.1) is 6.92 Å². The average Bonchev–Trinajstić information content (AvgIpc) is 2.86. The topological polar surface area (TPSA) is 33.5 Å². The number of piperazine rings is 1. The Morgan fingerprint density at radius 1 is 1.26 bits per heavy atom. The second-order valence-electron chi connectivity index (χ2n) is 4.99. The normalized spacial score (nSPS) is 16.8. The molecule has 2 aromatic heterocycles. The van der Waals surface area contributed by atoms with Gasteiger partial charge in [0.1, 0.15) is 6.54 Å². The van der Waals surface area contributed by atoms with Gasteiger partial charge in [0.15, 0.2) is 0 Å². The molecule has 5 heteroatoms. The van der Waals surface area contributed by atoms with Crippen LogP contribution in [0.5, 0.6) is 0 Å². The van der Waals surface area contributed by atoms with Crippen molar-refractivity contribution < 1.29 is 4.90 Å². The fourth-order valence-electron chi connectivity index (χ4n) is 2.47. The second-order valence-corrected chi connectivity index (χ2v) is 5.99. The van der Waals surface area contributed by atoms with Crippen LogP contribution in [0.2, 0.25) is 0 Å². The summed E-state index contributed by atoms with van der Waals surface area (Å²) in [5.74, 6) is 0.869. The summed E-state index contributed by atoms with van der Waals surface area (Å²) < 4.78 is 0. The fraction of sp³-hybridized carbons (Fsp3) is 0.429. The lowest BCUT2D eigenvalue weighted by Gasteiger charge is -2.32. The van der Waals surface area contributed by atoms with Gasteiger partial charge in [-0.15, -0.1) is 11.3 Å². The minimum Gasteiger partial charge on any atom is -0.330 e. The fourth-order valence-corrected chi connectivity index (χ4v) is 3.44. The minimum absolute atomic E-state index is 0.869. The molecule has 0 aromatic carbocycles. The van der Waals surface area contributed by atoms with Gasteiger partial charge in [-0.1, -0.05) is 0 Å². The maximum Gasteiger partial charge on any atom is 0.225 e. The molecule has 0 amide bonds. The van der Waals surface area contributed by atoms with E-state index in [0.717, 1.165) is 38.7 Å². The smallest absolute Gasteiger partial charge is 0.225 e. The number of quaternary nitrogens is 1. The van der Waals surface area contributed by atoms with Crippen molar-refractivity contribution in [2.45, 2.75) is 13.5 Å². The number of aromatic nitrogens is 2. The highest BCUT2D eigenvalue weighted by Crippen LogP contribution is 2.14. The van der Waals surface area contributed by atoms with Crippen molar-refractivity contribution in [2.75, 3.05) is 31.1 Å². The van der Waals surface area contributed by atoms with Gasteiger partial charge in [0.05, 0.1) is 31.1 Å². The first-order valence-corrected chi connectivity index (χ1v) is 7.59. The highest BCUT2D eigenvalue weighted by molar-refractivity contribution is 7.10. The molecule has 1 saturated heterocycles. The van der Waals surface area contributed by atoms with E-state index < -0.39 is 0 Å². The number of thiophene rings is 1. The Morgan fingerprint density at radius 2 is 2.00 bits per heavy atom. The molecule has 3 heterocycles. The van der Waals surface area contributed by atoms with Crippen LogP contribution >= 0.6 is 11.3 Å². The Balaban J connectivity index is 1.57. The molecule has 3 rings (SSSR count). The number of aryl methyl sites for hydroxylation is 1. The van der Waals surface area contributed by atoms with Crippen LogP contribution in [0.25, 0.3) is 0 Å². The first-order valence-electron chi connectivity index (χ1n) is 6.71. The Labute approximate surface area is 117 Å². The molecule has 1 fully saturated rings. The molecule has 1 aliphatic heterocycles. The largest absolute Gasteiger partial charge is 0.330 e. The van der Waals surface area contributed by atoms with Crippen LogP contribution in [0.4, 0.5) is 5.95 Å². The van der Waals surface area contributed by atoms with Gasteiger partial charge in [-0.2, -0.15) is 0 Å². The molecule has 4 nitrogen and oxygen atoms in total. The zero-order chi connectivity index (χ0) is 13.1. The number of hydrogen-bond acceptors (Lipinski definition) is 4. The predicted octanol–water partition coefficient (Wildman–Crippen LogP) is 0.752. The van der Waals surface area contributed by atoms with Crippen LogP contribution in [-0.4, -0.2) is 36.1 Å². The van der Waals surface area contributed by atoms with Gasteiger partial charge >= 0.3 is 0 Å². The van der Waals surface area contributed by atoms with Gasteiger partial charge < -0.3 is 9.80 Å². The van der Waals surface area contributed by atoms with E-state index in [-0.39, 0.29) is 0 Å². The lowest BCUT2D eigenvalue weighted by atomic mass is 10.2. The van der Waals surface area contributed by atoms with E-state index in [4.69, 9.17) is 0 Å². The van der Waals surface area contributed by atoms with Crippen LogP contribution in [0.3, 0.4) is 0 Å². The van der Waals surface area contributed by atoms with Crippen LogP contribution in [0.15, 0.2) is 29.9 Å². The zero-order valence-corrected chi connectivity index (χ0v) is 12.0. The third-order valence-electron chi connectivity index (χ3n) is 3.68. The van der Waals surface area contributed by atoms with Crippen molar-refractivity contribution in [3.63, 3.8) is 0 Å². The van der Waals surface area contributed by atoms with E-state index in [9.17, 15) is 0 Å². The van der Waals surface area contributed by atoms with Gasteiger partial charge in [0.2, 0.25) is 5.95 Å². The molecule has 2 aromatic rings. The summed E-state index contributed by atoms with van der Waals surface area (Å²) in [4.78, 5) is 14.1. The molecule has 19 heavy (non-hydrogen) atoms. The van der Waals surface area contributed by atoms with Crippen molar-refractivity contribution in [3.05, 3.63) is 40.3 Å². The molecule has 0 aliphatic carbocycles. The summed E-state index contributed by atoms with van der Waals surface area (Å²) in [6, 6.07) is 4.08. The predicted molar refractivity (Wildman–Crippen MR) is 77.7 cm³/mol. The molecular formula is C14H19N4S+. The van der Waals surface area contributed by atoms with Crippen molar-refractivity contribution in [2.24, 2.45) is 0 Å². The van der Waals surface area contributed by atoms with Crippen LogP contribution in [-0.2, 0) is 6.54 Å². The number of hydrogen-bond donors (Lipinski definition) is 1. The van der Waals surface area contributed by atoms with E-state index in [1.54, 1.807) is 4.90 Å². The Kier molecular flexibility index (Phi) is 3.75. The molecule has 0 saturated carbocycles. The summed E-state index contributed by atoms with van der Waals surface area (Å²) in [7, 11) is 0. The molecule has 1 aliphatic rings. The molecule has 0 bridgehead atoms. The summed E-state index contributed by atoms with van der Waals surface area (Å²) in [5, 5.41) is 2.19. The van der Waals surface area contributed by atoms with Crippen LogP contribution in [0.1, 0.15) is 10.4 Å². The molecule has 0 spiro atoms. The minimum atomic E-state index is 0.869. The SMILES string of the molecule is Cc1ccsc1C[NH+]1CCN(c2ncccn2)CC1. The zero-order valence-electron chi connectivity index (χ0n) is 11.2. The Bertz CT molecular complexity index is 517. The quantitative estimate of drug-likeness (QED) is 0.897. The van der Waals surface area contributed by atoms with Gasteiger partial charge in [-0.3, -0.25) is 0 Å². The third kappa shape index (κ3) is 2.93. The monoisotopic (exact) mass is 275 g/mol. The highest BCUT2D eigenvalue weighted by Gasteiger charge is 2.22. The lowest BCUT2D eigenvalue weighted by molar-refractivity contribution is -0.914. The van der Waals surface area contributed by atoms with Crippen molar-refractivity contribution >= 4 is 17.3 Å². The number of nitrogens with zero attached hydrogens (tertiary/aromatic N) is 3. The molecule has 0 radical (unpaired) electrons. The molecule has 100 valence electrons.